The molecule has 7 heteroatoms. The summed E-state index contributed by atoms with van der Waals surface area (Å²) in [6, 6.07) is 8.81. The van der Waals surface area contributed by atoms with Crippen molar-refractivity contribution in [3.8, 4) is 0 Å². The molecular weight excluding hydrogens is 364 g/mol. The Morgan fingerprint density at radius 2 is 1.93 bits per heavy atom. The molecular formula is C20H24N2O4S. The van der Waals surface area contributed by atoms with Gasteiger partial charge in [0.2, 0.25) is 10.0 Å². The number of hydrogen-bond donors (Lipinski definition) is 1. The average Bonchev–Trinajstić information content (AvgIpc) is 3.22. The molecule has 1 aliphatic carbocycles. The van der Waals surface area contributed by atoms with Crippen LogP contribution in [0.25, 0.3) is 0 Å². The molecule has 27 heavy (non-hydrogen) atoms. The minimum Gasteiger partial charge on any atom is -0.459 e. The topological polar surface area (TPSA) is 79.6 Å². The number of furan rings is 1. The third kappa shape index (κ3) is 3.74. The lowest BCUT2D eigenvalue weighted by molar-refractivity contribution is 0.0958. The number of nitrogens with zero attached hydrogens (tertiary/aromatic N) is 1. The molecule has 0 radical (unpaired) electrons. The molecule has 0 spiro atoms. The number of anilines is 2. The number of rotatable bonds is 4. The van der Waals surface area contributed by atoms with Crippen LogP contribution in [0.3, 0.4) is 0 Å². The molecule has 0 atom stereocenters. The van der Waals surface area contributed by atoms with E-state index in [2.05, 4.69) is 4.72 Å². The smallest absolute Gasteiger partial charge is 0.293 e. The molecule has 2 heterocycles. The van der Waals surface area contributed by atoms with Gasteiger partial charge in [-0.25, -0.2) is 8.42 Å². The van der Waals surface area contributed by atoms with E-state index in [4.69, 9.17) is 4.42 Å². The van der Waals surface area contributed by atoms with E-state index in [-0.39, 0.29) is 16.9 Å². The van der Waals surface area contributed by atoms with E-state index in [0.29, 0.717) is 25.1 Å². The minimum absolute atomic E-state index is 0.201. The maximum Gasteiger partial charge on any atom is 0.293 e. The predicted molar refractivity (Wildman–Crippen MR) is 105 cm³/mol. The summed E-state index contributed by atoms with van der Waals surface area (Å²) >= 11 is 0. The first-order chi connectivity index (χ1) is 13.0. The quantitative estimate of drug-likeness (QED) is 0.860. The maximum atomic E-state index is 12.8. The van der Waals surface area contributed by atoms with Crippen molar-refractivity contribution in [2.24, 2.45) is 0 Å². The summed E-state index contributed by atoms with van der Waals surface area (Å²) < 4.78 is 33.4. The summed E-state index contributed by atoms with van der Waals surface area (Å²) in [7, 11) is -3.42. The molecule has 2 aromatic rings. The molecule has 4 rings (SSSR count). The number of aryl methyl sites for hydroxylation is 1. The number of amides is 1. The number of sulfonamides is 1. The van der Waals surface area contributed by atoms with Gasteiger partial charge < -0.3 is 9.32 Å². The van der Waals surface area contributed by atoms with Gasteiger partial charge in [0.05, 0.1) is 17.2 Å². The molecule has 0 saturated heterocycles. The molecule has 1 fully saturated rings. The van der Waals surface area contributed by atoms with Gasteiger partial charge in [-0.1, -0.05) is 25.3 Å². The first kappa shape index (κ1) is 18.1. The highest BCUT2D eigenvalue weighted by molar-refractivity contribution is 7.93. The number of hydrogen-bond acceptors (Lipinski definition) is 4. The van der Waals surface area contributed by atoms with Crippen LogP contribution in [0.4, 0.5) is 11.4 Å². The summed E-state index contributed by atoms with van der Waals surface area (Å²) in [5.41, 5.74) is 2.31. The van der Waals surface area contributed by atoms with Crippen LogP contribution in [0.15, 0.2) is 41.0 Å². The third-order valence-corrected chi connectivity index (χ3v) is 7.30. The number of nitrogens with one attached hydrogen (secondary N) is 1. The summed E-state index contributed by atoms with van der Waals surface area (Å²) in [6.45, 7) is 0.589. The zero-order valence-corrected chi connectivity index (χ0v) is 16.0. The Kier molecular flexibility index (Phi) is 4.95. The van der Waals surface area contributed by atoms with Gasteiger partial charge in [0.1, 0.15) is 0 Å². The van der Waals surface area contributed by atoms with E-state index in [1.165, 1.54) is 6.26 Å². The van der Waals surface area contributed by atoms with E-state index < -0.39 is 10.0 Å². The third-order valence-electron chi connectivity index (χ3n) is 5.43. The molecule has 1 amide bonds. The van der Waals surface area contributed by atoms with E-state index in [1.807, 2.05) is 6.07 Å². The van der Waals surface area contributed by atoms with Crippen LogP contribution < -0.4 is 9.62 Å². The summed E-state index contributed by atoms with van der Waals surface area (Å²) in [4.78, 5) is 14.4. The number of carbonyl (C=O) groups is 1. The Morgan fingerprint density at radius 3 is 2.67 bits per heavy atom. The Balaban J connectivity index is 1.60. The molecule has 1 saturated carbocycles. The van der Waals surface area contributed by atoms with Gasteiger partial charge in [-0.05, 0) is 55.5 Å². The number of carbonyl (C=O) groups excluding carboxylic acids is 1. The minimum atomic E-state index is -3.42. The molecule has 1 aliphatic heterocycles. The van der Waals surface area contributed by atoms with Crippen LogP contribution in [-0.4, -0.2) is 26.1 Å². The van der Waals surface area contributed by atoms with E-state index in [0.717, 1.165) is 43.4 Å². The van der Waals surface area contributed by atoms with Gasteiger partial charge in [-0.15, -0.1) is 0 Å². The second kappa shape index (κ2) is 7.38. The van der Waals surface area contributed by atoms with E-state index >= 15 is 0 Å². The number of benzene rings is 1. The van der Waals surface area contributed by atoms with Crippen LogP contribution in [0.1, 0.15) is 54.6 Å². The highest BCUT2D eigenvalue weighted by Crippen LogP contribution is 2.32. The van der Waals surface area contributed by atoms with E-state index in [1.54, 1.807) is 29.2 Å². The van der Waals surface area contributed by atoms with Crippen molar-refractivity contribution in [1.82, 2.24) is 0 Å². The van der Waals surface area contributed by atoms with Gasteiger partial charge in [0.25, 0.3) is 5.91 Å². The summed E-state index contributed by atoms with van der Waals surface area (Å²) in [5.74, 6) is 0.0873. The fraction of sp³-hybridized carbons (Fsp3) is 0.450. The second-order valence-electron chi connectivity index (χ2n) is 7.29. The molecule has 1 N–H and O–H groups in total. The van der Waals surface area contributed by atoms with Crippen LogP contribution in [-0.2, 0) is 16.4 Å². The summed E-state index contributed by atoms with van der Waals surface area (Å²) in [6.07, 6.45) is 7.66. The van der Waals surface area contributed by atoms with Crippen molar-refractivity contribution in [3.05, 3.63) is 47.9 Å². The van der Waals surface area contributed by atoms with Crippen LogP contribution in [0.2, 0.25) is 0 Å². The lowest BCUT2D eigenvalue weighted by atomic mass is 10.0. The largest absolute Gasteiger partial charge is 0.459 e. The van der Waals surface area contributed by atoms with Crippen LogP contribution >= 0.6 is 0 Å². The molecule has 0 bridgehead atoms. The molecule has 0 unspecified atom stereocenters. The van der Waals surface area contributed by atoms with Crippen LogP contribution in [0.5, 0.6) is 0 Å². The second-order valence-corrected chi connectivity index (χ2v) is 9.25. The first-order valence-electron chi connectivity index (χ1n) is 9.54. The zero-order chi connectivity index (χ0) is 18.9. The Bertz CT molecular complexity index is 915. The molecule has 2 aliphatic rings. The zero-order valence-electron chi connectivity index (χ0n) is 15.2. The normalized spacial score (nSPS) is 18.1. The predicted octanol–water partition coefficient (Wildman–Crippen LogP) is 3.95. The van der Waals surface area contributed by atoms with Gasteiger partial charge >= 0.3 is 0 Å². The van der Waals surface area contributed by atoms with Crippen molar-refractivity contribution in [2.45, 2.75) is 50.2 Å². The average molecular weight is 388 g/mol. The molecule has 1 aromatic heterocycles. The first-order valence-corrected chi connectivity index (χ1v) is 11.1. The SMILES string of the molecule is O=C(c1ccco1)N1CCCc2ccc(NS(=O)(=O)C3CCCCC3)cc21. The van der Waals surface area contributed by atoms with Gasteiger partial charge in [0, 0.05) is 12.2 Å². The van der Waals surface area contributed by atoms with Crippen molar-refractivity contribution >= 4 is 27.3 Å². The van der Waals surface area contributed by atoms with Crippen molar-refractivity contribution in [3.63, 3.8) is 0 Å². The Morgan fingerprint density at radius 1 is 1.11 bits per heavy atom. The van der Waals surface area contributed by atoms with Crippen molar-refractivity contribution < 1.29 is 17.6 Å². The van der Waals surface area contributed by atoms with Gasteiger partial charge in [-0.2, -0.15) is 0 Å². The van der Waals surface area contributed by atoms with Crippen LogP contribution in [0, 0.1) is 0 Å². The fourth-order valence-corrected chi connectivity index (χ4v) is 5.58. The number of fused-ring (bicyclic) bond motifs is 1. The highest BCUT2D eigenvalue weighted by atomic mass is 32.2. The van der Waals surface area contributed by atoms with Gasteiger partial charge in [-0.3, -0.25) is 9.52 Å². The maximum absolute atomic E-state index is 12.8. The van der Waals surface area contributed by atoms with E-state index in [9.17, 15) is 13.2 Å². The lowest BCUT2D eigenvalue weighted by Crippen LogP contribution is -2.35. The fourth-order valence-electron chi connectivity index (χ4n) is 4.01. The summed E-state index contributed by atoms with van der Waals surface area (Å²) in [5, 5.41) is -0.330. The standard InChI is InChI=1S/C20H24N2O4S/c23-20(19-9-5-13-26-19)22-12-4-6-15-10-11-16(14-18(15)22)21-27(24,25)17-7-2-1-3-8-17/h5,9-11,13-14,17,21H,1-4,6-8,12H2. The molecule has 6 nitrogen and oxygen atoms in total. The Labute approximate surface area is 159 Å². The van der Waals surface area contributed by atoms with Crippen molar-refractivity contribution in [1.29, 1.82) is 0 Å². The van der Waals surface area contributed by atoms with Gasteiger partial charge in [0.15, 0.2) is 5.76 Å². The molecule has 1 aromatic carbocycles. The highest BCUT2D eigenvalue weighted by Gasteiger charge is 2.29. The monoisotopic (exact) mass is 388 g/mol. The Hall–Kier alpha value is -2.28. The lowest BCUT2D eigenvalue weighted by Gasteiger charge is -2.29. The molecule has 144 valence electrons. The van der Waals surface area contributed by atoms with Crippen molar-refractivity contribution in [2.75, 3.05) is 16.2 Å².